The lowest BCUT2D eigenvalue weighted by Crippen LogP contribution is -2.56. The van der Waals surface area contributed by atoms with Crippen molar-refractivity contribution in [2.45, 2.75) is 45.2 Å². The summed E-state index contributed by atoms with van der Waals surface area (Å²) in [7, 11) is 0. The highest BCUT2D eigenvalue weighted by Crippen LogP contribution is 2.52. The highest BCUT2D eigenvalue weighted by Gasteiger charge is 2.50. The van der Waals surface area contributed by atoms with Crippen LogP contribution in [0, 0.1) is 19.8 Å². The molecule has 3 fully saturated rings. The molecular formula is C22H27N3. The molecule has 3 saturated heterocycles. The fourth-order valence-electron chi connectivity index (χ4n) is 5.32. The van der Waals surface area contributed by atoms with E-state index in [0.717, 1.165) is 24.6 Å². The van der Waals surface area contributed by atoms with Crippen LogP contribution >= 0.6 is 0 Å². The lowest BCUT2D eigenvalue weighted by Gasteiger charge is -2.50. The van der Waals surface area contributed by atoms with E-state index in [1.165, 1.54) is 42.7 Å². The van der Waals surface area contributed by atoms with Crippen molar-refractivity contribution in [3.8, 4) is 0 Å². The van der Waals surface area contributed by atoms with Crippen molar-refractivity contribution in [3.05, 3.63) is 58.9 Å². The molecule has 3 nitrogen and oxygen atoms in total. The average molecular weight is 333 g/mol. The first kappa shape index (κ1) is 15.4. The number of hydrogen-bond donors (Lipinski definition) is 0. The molecule has 6 rings (SSSR count). The van der Waals surface area contributed by atoms with Gasteiger partial charge in [-0.2, -0.15) is 0 Å². The number of aromatic nitrogens is 1. The van der Waals surface area contributed by atoms with Crippen molar-refractivity contribution >= 4 is 5.69 Å². The molecule has 2 atom stereocenters. The van der Waals surface area contributed by atoms with E-state index in [2.05, 4.69) is 65.2 Å². The standard InChI is InChI=1S/C22H27N3/c1-15-3-6-20-19(13-15)22-21(18-8-10-24(22)11-9-18)25(20)12-7-17-5-4-16(2)23-14-17/h3-6,13-14,18,21-22H,7-12H2,1-2H3. The third-order valence-electron chi connectivity index (χ3n) is 6.56. The van der Waals surface area contributed by atoms with Crippen molar-refractivity contribution in [1.82, 2.24) is 9.88 Å². The van der Waals surface area contributed by atoms with Crippen LogP contribution in [0.3, 0.4) is 0 Å². The van der Waals surface area contributed by atoms with Crippen molar-refractivity contribution < 1.29 is 0 Å². The summed E-state index contributed by atoms with van der Waals surface area (Å²) in [6.45, 7) is 7.96. The second-order valence-electron chi connectivity index (χ2n) is 8.12. The van der Waals surface area contributed by atoms with Gasteiger partial charge in [0.1, 0.15) is 0 Å². The zero-order valence-corrected chi connectivity index (χ0v) is 15.3. The Hall–Kier alpha value is -1.87. The first-order valence-corrected chi connectivity index (χ1v) is 9.73. The molecule has 4 aliphatic heterocycles. The summed E-state index contributed by atoms with van der Waals surface area (Å²) >= 11 is 0. The summed E-state index contributed by atoms with van der Waals surface area (Å²) in [5, 5.41) is 0. The number of fused-ring (bicyclic) bond motifs is 3. The fourth-order valence-corrected chi connectivity index (χ4v) is 5.32. The van der Waals surface area contributed by atoms with Crippen molar-refractivity contribution in [3.63, 3.8) is 0 Å². The molecule has 4 aliphatic rings. The Bertz CT molecular complexity index is 774. The van der Waals surface area contributed by atoms with E-state index in [1.54, 1.807) is 5.56 Å². The van der Waals surface area contributed by atoms with E-state index in [9.17, 15) is 0 Å². The molecule has 1 aromatic heterocycles. The van der Waals surface area contributed by atoms with Gasteiger partial charge in [0.15, 0.2) is 0 Å². The van der Waals surface area contributed by atoms with E-state index >= 15 is 0 Å². The first-order valence-electron chi connectivity index (χ1n) is 9.73. The molecule has 2 unspecified atom stereocenters. The van der Waals surface area contributed by atoms with Crippen LogP contribution in [0.25, 0.3) is 0 Å². The molecule has 0 radical (unpaired) electrons. The van der Waals surface area contributed by atoms with E-state index in [1.807, 2.05) is 0 Å². The maximum atomic E-state index is 4.47. The van der Waals surface area contributed by atoms with Gasteiger partial charge in [-0.05, 0) is 75.4 Å². The number of hydrogen-bond acceptors (Lipinski definition) is 3. The molecule has 0 aliphatic carbocycles. The molecular weight excluding hydrogens is 306 g/mol. The summed E-state index contributed by atoms with van der Waals surface area (Å²) in [4.78, 5) is 9.95. The largest absolute Gasteiger partial charge is 0.366 e. The molecule has 2 aromatic rings. The minimum atomic E-state index is 0.624. The third kappa shape index (κ3) is 2.48. The van der Waals surface area contributed by atoms with Gasteiger partial charge < -0.3 is 4.90 Å². The minimum Gasteiger partial charge on any atom is -0.366 e. The van der Waals surface area contributed by atoms with E-state index in [0.29, 0.717) is 12.1 Å². The Morgan fingerprint density at radius 2 is 1.92 bits per heavy atom. The topological polar surface area (TPSA) is 19.4 Å². The maximum absolute atomic E-state index is 4.47. The Balaban J connectivity index is 1.47. The number of aryl methyl sites for hydroxylation is 2. The van der Waals surface area contributed by atoms with Gasteiger partial charge in [0.25, 0.3) is 0 Å². The average Bonchev–Trinajstić information content (AvgIpc) is 2.98. The maximum Gasteiger partial charge on any atom is 0.0575 e. The number of pyridine rings is 1. The molecule has 5 heterocycles. The molecule has 1 aromatic carbocycles. The van der Waals surface area contributed by atoms with Crippen LogP contribution in [0.15, 0.2) is 36.5 Å². The predicted octanol–water partition coefficient (Wildman–Crippen LogP) is 3.90. The molecule has 0 amide bonds. The Morgan fingerprint density at radius 3 is 2.68 bits per heavy atom. The fraction of sp³-hybridized carbons (Fsp3) is 0.500. The summed E-state index contributed by atoms with van der Waals surface area (Å²) < 4.78 is 0. The Kier molecular flexibility index (Phi) is 3.60. The monoisotopic (exact) mass is 333 g/mol. The van der Waals surface area contributed by atoms with Gasteiger partial charge in [-0.1, -0.05) is 23.8 Å². The van der Waals surface area contributed by atoms with Gasteiger partial charge >= 0.3 is 0 Å². The quantitative estimate of drug-likeness (QED) is 0.849. The van der Waals surface area contributed by atoms with Crippen LogP contribution in [0.5, 0.6) is 0 Å². The van der Waals surface area contributed by atoms with E-state index in [4.69, 9.17) is 0 Å². The van der Waals surface area contributed by atoms with E-state index < -0.39 is 0 Å². The molecule has 0 saturated carbocycles. The second-order valence-corrected chi connectivity index (χ2v) is 8.12. The van der Waals surface area contributed by atoms with Crippen LogP contribution in [-0.2, 0) is 6.42 Å². The second kappa shape index (κ2) is 5.84. The highest BCUT2D eigenvalue weighted by atomic mass is 15.3. The molecule has 130 valence electrons. The van der Waals surface area contributed by atoms with Crippen LogP contribution in [-0.4, -0.2) is 35.6 Å². The Morgan fingerprint density at radius 1 is 1.08 bits per heavy atom. The van der Waals surface area contributed by atoms with Gasteiger partial charge in [-0.15, -0.1) is 0 Å². The zero-order chi connectivity index (χ0) is 17.0. The molecule has 0 spiro atoms. The predicted molar refractivity (Wildman–Crippen MR) is 102 cm³/mol. The highest BCUT2D eigenvalue weighted by molar-refractivity contribution is 5.63. The molecule has 0 N–H and O–H groups in total. The number of nitrogens with zero attached hydrogens (tertiary/aromatic N) is 3. The van der Waals surface area contributed by atoms with Crippen LogP contribution in [0.2, 0.25) is 0 Å². The van der Waals surface area contributed by atoms with Crippen molar-refractivity contribution in [1.29, 1.82) is 0 Å². The summed E-state index contributed by atoms with van der Waals surface area (Å²) in [6, 6.07) is 12.8. The van der Waals surface area contributed by atoms with Gasteiger partial charge in [0.05, 0.1) is 12.1 Å². The smallest absolute Gasteiger partial charge is 0.0575 e. The molecule has 25 heavy (non-hydrogen) atoms. The van der Waals surface area contributed by atoms with Crippen molar-refractivity contribution in [2.75, 3.05) is 24.5 Å². The number of benzene rings is 1. The van der Waals surface area contributed by atoms with E-state index in [-0.39, 0.29) is 0 Å². The first-order chi connectivity index (χ1) is 12.2. The lowest BCUT2D eigenvalue weighted by atomic mass is 9.78. The number of piperidine rings is 3. The normalized spacial score (nSPS) is 29.6. The molecule has 2 bridgehead atoms. The van der Waals surface area contributed by atoms with Crippen LogP contribution < -0.4 is 4.90 Å². The van der Waals surface area contributed by atoms with Crippen LogP contribution in [0.1, 0.15) is 41.3 Å². The number of rotatable bonds is 3. The zero-order valence-electron chi connectivity index (χ0n) is 15.3. The van der Waals surface area contributed by atoms with Crippen LogP contribution in [0.4, 0.5) is 5.69 Å². The van der Waals surface area contributed by atoms with Gasteiger partial charge in [-0.3, -0.25) is 9.88 Å². The SMILES string of the molecule is Cc1ccc2c(c1)C1C(C3CCN1CC3)N2CCc1ccc(C)nc1. The third-order valence-corrected chi connectivity index (χ3v) is 6.56. The van der Waals surface area contributed by atoms with Gasteiger partial charge in [-0.25, -0.2) is 0 Å². The molecule has 3 heteroatoms. The summed E-state index contributed by atoms with van der Waals surface area (Å²) in [6.07, 6.45) is 5.87. The van der Waals surface area contributed by atoms with Gasteiger partial charge in [0, 0.05) is 24.1 Å². The lowest BCUT2D eigenvalue weighted by molar-refractivity contribution is 0.0325. The number of anilines is 1. The minimum absolute atomic E-state index is 0.624. The summed E-state index contributed by atoms with van der Waals surface area (Å²) in [5.74, 6) is 0.860. The van der Waals surface area contributed by atoms with Gasteiger partial charge in [0.2, 0.25) is 0 Å². The summed E-state index contributed by atoms with van der Waals surface area (Å²) in [5.41, 5.74) is 6.91. The Labute approximate surface area is 150 Å². The van der Waals surface area contributed by atoms with Crippen molar-refractivity contribution in [2.24, 2.45) is 5.92 Å².